The zero-order valence-corrected chi connectivity index (χ0v) is 13.2. The molecule has 1 heterocycles. The summed E-state index contributed by atoms with van der Waals surface area (Å²) in [6.07, 6.45) is 6.69. The minimum Gasteiger partial charge on any atom is -0.484 e. The Kier molecular flexibility index (Phi) is 5.33. The largest absolute Gasteiger partial charge is 0.484 e. The number of carbonyl (C=O) groups is 1. The number of benzene rings is 1. The fourth-order valence-corrected chi connectivity index (χ4v) is 3.42. The molecule has 1 saturated heterocycles. The number of ether oxygens (including phenoxy) is 1. The Balaban J connectivity index is 1.49. The highest BCUT2D eigenvalue weighted by molar-refractivity contribution is 5.77. The van der Waals surface area contributed by atoms with Crippen LogP contribution in [0.2, 0.25) is 0 Å². The number of piperazine rings is 1. The van der Waals surface area contributed by atoms with E-state index in [4.69, 9.17) is 4.74 Å². The third-order valence-corrected chi connectivity index (χ3v) is 4.79. The quantitative estimate of drug-likeness (QED) is 0.929. The molecule has 1 saturated carbocycles. The summed E-state index contributed by atoms with van der Waals surface area (Å²) in [6.45, 7) is 3.46. The fourth-order valence-electron chi connectivity index (χ4n) is 3.42. The standard InChI is InChI=1S/C18H26N2O2/c21-18(20-12-10-19-11-13-20)14-22-17-8-6-16(7-9-17)15-4-2-1-3-5-15/h6-9,15,19H,1-5,10-14H2. The van der Waals surface area contributed by atoms with Crippen LogP contribution in [0, 0.1) is 0 Å². The molecule has 3 rings (SSSR count). The van der Waals surface area contributed by atoms with E-state index < -0.39 is 0 Å². The number of hydrogen-bond donors (Lipinski definition) is 1. The van der Waals surface area contributed by atoms with Gasteiger partial charge in [0.2, 0.25) is 0 Å². The number of carbonyl (C=O) groups excluding carboxylic acids is 1. The van der Waals surface area contributed by atoms with Crippen molar-refractivity contribution in [1.29, 1.82) is 0 Å². The Morgan fingerprint density at radius 3 is 2.45 bits per heavy atom. The van der Waals surface area contributed by atoms with E-state index in [9.17, 15) is 4.79 Å². The Labute approximate surface area is 132 Å². The minimum absolute atomic E-state index is 0.0813. The van der Waals surface area contributed by atoms with E-state index in [0.717, 1.165) is 31.9 Å². The SMILES string of the molecule is O=C(COc1ccc(C2CCCCC2)cc1)N1CCNCC1. The number of nitrogens with zero attached hydrogens (tertiary/aromatic N) is 1. The van der Waals surface area contributed by atoms with Crippen LogP contribution in [0.4, 0.5) is 0 Å². The molecule has 120 valence electrons. The molecule has 22 heavy (non-hydrogen) atoms. The summed E-state index contributed by atoms with van der Waals surface area (Å²) in [5.41, 5.74) is 1.42. The van der Waals surface area contributed by atoms with Crippen LogP contribution in [0.1, 0.15) is 43.6 Å². The molecule has 1 aliphatic heterocycles. The van der Waals surface area contributed by atoms with Gasteiger partial charge in [-0.3, -0.25) is 4.79 Å². The third-order valence-electron chi connectivity index (χ3n) is 4.79. The first-order valence-corrected chi connectivity index (χ1v) is 8.54. The first-order valence-electron chi connectivity index (χ1n) is 8.54. The number of amides is 1. The molecule has 1 amide bonds. The van der Waals surface area contributed by atoms with Gasteiger partial charge in [0.1, 0.15) is 5.75 Å². The fraction of sp³-hybridized carbons (Fsp3) is 0.611. The van der Waals surface area contributed by atoms with Crippen LogP contribution >= 0.6 is 0 Å². The van der Waals surface area contributed by atoms with Gasteiger partial charge in [-0.1, -0.05) is 31.4 Å². The van der Waals surface area contributed by atoms with E-state index in [1.165, 1.54) is 37.7 Å². The number of nitrogens with one attached hydrogen (secondary N) is 1. The van der Waals surface area contributed by atoms with E-state index >= 15 is 0 Å². The summed E-state index contributed by atoms with van der Waals surface area (Å²) in [5.74, 6) is 1.59. The Bertz CT molecular complexity index is 474. The van der Waals surface area contributed by atoms with Crippen molar-refractivity contribution in [1.82, 2.24) is 10.2 Å². The zero-order valence-electron chi connectivity index (χ0n) is 13.2. The van der Waals surface area contributed by atoms with E-state index in [-0.39, 0.29) is 12.5 Å². The third kappa shape index (κ3) is 4.01. The van der Waals surface area contributed by atoms with Crippen LogP contribution in [0.5, 0.6) is 5.75 Å². The maximum atomic E-state index is 12.1. The van der Waals surface area contributed by atoms with Gasteiger partial charge in [0, 0.05) is 26.2 Å². The van der Waals surface area contributed by atoms with Gasteiger partial charge in [0.15, 0.2) is 6.61 Å². The van der Waals surface area contributed by atoms with Gasteiger partial charge < -0.3 is 15.0 Å². The van der Waals surface area contributed by atoms with Crippen molar-refractivity contribution in [3.8, 4) is 5.75 Å². The lowest BCUT2D eigenvalue weighted by atomic mass is 9.84. The van der Waals surface area contributed by atoms with Crippen molar-refractivity contribution >= 4 is 5.91 Å². The molecule has 1 aromatic rings. The lowest BCUT2D eigenvalue weighted by molar-refractivity contribution is -0.133. The van der Waals surface area contributed by atoms with Crippen molar-refractivity contribution in [2.24, 2.45) is 0 Å². The van der Waals surface area contributed by atoms with Crippen LogP contribution in [0.15, 0.2) is 24.3 Å². The summed E-state index contributed by atoms with van der Waals surface area (Å²) in [7, 11) is 0. The normalized spacial score (nSPS) is 19.9. The Hall–Kier alpha value is -1.55. The van der Waals surface area contributed by atoms with E-state index in [0.29, 0.717) is 5.92 Å². The average Bonchev–Trinajstić information content (AvgIpc) is 2.61. The molecule has 1 N–H and O–H groups in total. The monoisotopic (exact) mass is 302 g/mol. The molecule has 0 radical (unpaired) electrons. The lowest BCUT2D eigenvalue weighted by Crippen LogP contribution is -2.47. The maximum absolute atomic E-state index is 12.1. The average molecular weight is 302 g/mol. The van der Waals surface area contributed by atoms with Crippen LogP contribution in [0.3, 0.4) is 0 Å². The van der Waals surface area contributed by atoms with Crippen LogP contribution in [-0.2, 0) is 4.79 Å². The van der Waals surface area contributed by atoms with Crippen molar-refractivity contribution in [2.45, 2.75) is 38.0 Å². The lowest BCUT2D eigenvalue weighted by Gasteiger charge is -2.27. The summed E-state index contributed by atoms with van der Waals surface area (Å²) >= 11 is 0. The molecular formula is C18H26N2O2. The van der Waals surface area contributed by atoms with E-state index in [1.54, 1.807) is 0 Å². The highest BCUT2D eigenvalue weighted by atomic mass is 16.5. The molecule has 4 heteroatoms. The van der Waals surface area contributed by atoms with E-state index in [2.05, 4.69) is 17.4 Å². The van der Waals surface area contributed by atoms with Crippen molar-refractivity contribution in [3.63, 3.8) is 0 Å². The molecule has 0 bridgehead atoms. The number of hydrogen-bond acceptors (Lipinski definition) is 3. The second kappa shape index (κ2) is 7.63. The summed E-state index contributed by atoms with van der Waals surface area (Å²) < 4.78 is 5.65. The van der Waals surface area contributed by atoms with Crippen molar-refractivity contribution in [2.75, 3.05) is 32.8 Å². The highest BCUT2D eigenvalue weighted by Gasteiger charge is 2.17. The molecule has 0 unspecified atom stereocenters. The Morgan fingerprint density at radius 2 is 1.77 bits per heavy atom. The van der Waals surface area contributed by atoms with Gasteiger partial charge >= 0.3 is 0 Å². The molecule has 1 aliphatic carbocycles. The smallest absolute Gasteiger partial charge is 0.260 e. The van der Waals surface area contributed by atoms with Gasteiger partial charge in [0.05, 0.1) is 0 Å². The van der Waals surface area contributed by atoms with E-state index in [1.807, 2.05) is 17.0 Å². The molecule has 0 spiro atoms. The molecule has 2 aliphatic rings. The summed E-state index contributed by atoms with van der Waals surface area (Å²) in [6, 6.07) is 8.35. The minimum atomic E-state index is 0.0813. The summed E-state index contributed by atoms with van der Waals surface area (Å²) in [4.78, 5) is 13.9. The highest BCUT2D eigenvalue weighted by Crippen LogP contribution is 2.33. The first kappa shape index (κ1) is 15.3. The van der Waals surface area contributed by atoms with Crippen molar-refractivity contribution in [3.05, 3.63) is 29.8 Å². The van der Waals surface area contributed by atoms with Gasteiger partial charge in [-0.25, -0.2) is 0 Å². The molecule has 4 nitrogen and oxygen atoms in total. The molecule has 1 aromatic carbocycles. The second-order valence-corrected chi connectivity index (χ2v) is 6.32. The van der Waals surface area contributed by atoms with Gasteiger partial charge in [-0.15, -0.1) is 0 Å². The first-order chi connectivity index (χ1) is 10.8. The number of rotatable bonds is 4. The predicted molar refractivity (Wildman–Crippen MR) is 87.2 cm³/mol. The van der Waals surface area contributed by atoms with Gasteiger partial charge in [-0.05, 0) is 36.5 Å². The molecule has 2 fully saturated rings. The zero-order chi connectivity index (χ0) is 15.2. The molecule has 0 aromatic heterocycles. The van der Waals surface area contributed by atoms with Gasteiger partial charge in [-0.2, -0.15) is 0 Å². The Morgan fingerprint density at radius 1 is 1.09 bits per heavy atom. The van der Waals surface area contributed by atoms with Crippen LogP contribution in [-0.4, -0.2) is 43.6 Å². The summed E-state index contributed by atoms with van der Waals surface area (Å²) in [5, 5.41) is 3.25. The maximum Gasteiger partial charge on any atom is 0.260 e. The van der Waals surface area contributed by atoms with Gasteiger partial charge in [0.25, 0.3) is 5.91 Å². The predicted octanol–water partition coefficient (Wildman–Crippen LogP) is 2.54. The topological polar surface area (TPSA) is 41.6 Å². The van der Waals surface area contributed by atoms with Crippen LogP contribution < -0.4 is 10.1 Å². The molecule has 0 atom stereocenters. The van der Waals surface area contributed by atoms with Crippen molar-refractivity contribution < 1.29 is 9.53 Å². The molecular weight excluding hydrogens is 276 g/mol. The second-order valence-electron chi connectivity index (χ2n) is 6.32. The van der Waals surface area contributed by atoms with Crippen LogP contribution in [0.25, 0.3) is 0 Å².